The van der Waals surface area contributed by atoms with Gasteiger partial charge >= 0.3 is 6.03 Å². The summed E-state index contributed by atoms with van der Waals surface area (Å²) < 4.78 is 5.13. The zero-order valence-corrected chi connectivity index (χ0v) is 12.7. The number of amides is 2. The summed E-state index contributed by atoms with van der Waals surface area (Å²) in [6.07, 6.45) is 8.44. The van der Waals surface area contributed by atoms with E-state index in [-0.39, 0.29) is 6.03 Å². The molecule has 0 spiro atoms. The third-order valence-electron chi connectivity index (χ3n) is 4.39. The van der Waals surface area contributed by atoms with Crippen LogP contribution in [0.2, 0.25) is 0 Å². The van der Waals surface area contributed by atoms with Gasteiger partial charge in [-0.1, -0.05) is 19.3 Å². The molecule has 0 radical (unpaired) electrons. The second kappa shape index (κ2) is 8.47. The van der Waals surface area contributed by atoms with Crippen LogP contribution in [0.4, 0.5) is 4.79 Å². The van der Waals surface area contributed by atoms with Crippen LogP contribution in [0.15, 0.2) is 0 Å². The van der Waals surface area contributed by atoms with Crippen molar-refractivity contribution in [2.75, 3.05) is 33.4 Å². The van der Waals surface area contributed by atoms with Gasteiger partial charge in [0.05, 0.1) is 6.61 Å². The second-order valence-electron chi connectivity index (χ2n) is 6.02. The SMILES string of the molecule is COCCN(CC1CCCN1)C(=O)NC1CCCCC1. The molecule has 2 aliphatic rings. The fourth-order valence-corrected chi connectivity index (χ4v) is 3.17. The monoisotopic (exact) mass is 283 g/mol. The third kappa shape index (κ3) is 4.94. The highest BCUT2D eigenvalue weighted by Gasteiger charge is 2.23. The van der Waals surface area contributed by atoms with Crippen molar-refractivity contribution in [1.29, 1.82) is 0 Å². The predicted octanol–water partition coefficient (Wildman–Crippen LogP) is 1.73. The van der Waals surface area contributed by atoms with Gasteiger partial charge in [0.25, 0.3) is 0 Å². The van der Waals surface area contributed by atoms with Crippen LogP contribution < -0.4 is 10.6 Å². The molecule has 2 fully saturated rings. The van der Waals surface area contributed by atoms with Crippen molar-refractivity contribution in [3.8, 4) is 0 Å². The molecule has 1 atom stereocenters. The number of urea groups is 1. The summed E-state index contributed by atoms with van der Waals surface area (Å²) in [6.45, 7) is 3.15. The Balaban J connectivity index is 1.81. The van der Waals surface area contributed by atoms with Gasteiger partial charge in [0.1, 0.15) is 0 Å². The summed E-state index contributed by atoms with van der Waals surface area (Å²) in [5.74, 6) is 0. The van der Waals surface area contributed by atoms with E-state index in [0.29, 0.717) is 25.2 Å². The molecule has 1 saturated heterocycles. The highest BCUT2D eigenvalue weighted by atomic mass is 16.5. The van der Waals surface area contributed by atoms with Crippen LogP contribution in [-0.4, -0.2) is 56.4 Å². The minimum absolute atomic E-state index is 0.0858. The van der Waals surface area contributed by atoms with E-state index in [4.69, 9.17) is 4.74 Å². The predicted molar refractivity (Wildman–Crippen MR) is 79.9 cm³/mol. The van der Waals surface area contributed by atoms with Gasteiger partial charge in [0, 0.05) is 32.3 Å². The van der Waals surface area contributed by atoms with Crippen LogP contribution in [0.25, 0.3) is 0 Å². The van der Waals surface area contributed by atoms with Gasteiger partial charge in [0.15, 0.2) is 0 Å². The molecule has 2 N–H and O–H groups in total. The number of carbonyl (C=O) groups is 1. The van der Waals surface area contributed by atoms with E-state index in [9.17, 15) is 4.79 Å². The first-order chi connectivity index (χ1) is 9.79. The molecular weight excluding hydrogens is 254 g/mol. The normalized spacial score (nSPS) is 23.8. The van der Waals surface area contributed by atoms with Crippen LogP contribution in [0.3, 0.4) is 0 Å². The van der Waals surface area contributed by atoms with E-state index < -0.39 is 0 Å². The van der Waals surface area contributed by atoms with Crippen molar-refractivity contribution in [2.45, 2.75) is 57.0 Å². The van der Waals surface area contributed by atoms with E-state index in [2.05, 4.69) is 10.6 Å². The van der Waals surface area contributed by atoms with Gasteiger partial charge in [-0.15, -0.1) is 0 Å². The Hall–Kier alpha value is -0.810. The molecule has 1 saturated carbocycles. The second-order valence-corrected chi connectivity index (χ2v) is 6.02. The molecule has 116 valence electrons. The van der Waals surface area contributed by atoms with E-state index in [1.165, 1.54) is 32.1 Å². The molecule has 0 aromatic carbocycles. The Morgan fingerprint density at radius 3 is 2.70 bits per heavy atom. The zero-order valence-electron chi connectivity index (χ0n) is 12.7. The van der Waals surface area contributed by atoms with Gasteiger partial charge in [-0.2, -0.15) is 0 Å². The molecule has 1 aliphatic heterocycles. The topological polar surface area (TPSA) is 53.6 Å². The number of nitrogens with zero attached hydrogens (tertiary/aromatic N) is 1. The maximum atomic E-state index is 12.4. The lowest BCUT2D eigenvalue weighted by Crippen LogP contribution is -2.50. The van der Waals surface area contributed by atoms with E-state index in [1.807, 2.05) is 4.90 Å². The molecule has 2 rings (SSSR count). The fourth-order valence-electron chi connectivity index (χ4n) is 3.17. The number of rotatable bonds is 6. The molecule has 5 heteroatoms. The number of hydrogen-bond acceptors (Lipinski definition) is 3. The Labute approximate surface area is 122 Å². The number of methoxy groups -OCH3 is 1. The van der Waals surface area contributed by atoms with Gasteiger partial charge in [0.2, 0.25) is 0 Å². The maximum absolute atomic E-state index is 12.4. The largest absolute Gasteiger partial charge is 0.383 e. The minimum Gasteiger partial charge on any atom is -0.383 e. The van der Waals surface area contributed by atoms with Crippen LogP contribution in [0.5, 0.6) is 0 Å². The summed E-state index contributed by atoms with van der Waals surface area (Å²) in [5.41, 5.74) is 0. The summed E-state index contributed by atoms with van der Waals surface area (Å²) in [5, 5.41) is 6.66. The molecular formula is C15H29N3O2. The molecule has 0 aromatic rings. The number of ether oxygens (including phenoxy) is 1. The summed E-state index contributed by atoms with van der Waals surface area (Å²) in [7, 11) is 1.69. The standard InChI is InChI=1S/C15H29N3O2/c1-20-11-10-18(12-14-8-5-9-16-14)15(19)17-13-6-3-2-4-7-13/h13-14,16H,2-12H2,1H3,(H,17,19). The van der Waals surface area contributed by atoms with Crippen molar-refractivity contribution in [1.82, 2.24) is 15.5 Å². The van der Waals surface area contributed by atoms with Gasteiger partial charge in [-0.05, 0) is 32.2 Å². The molecule has 1 aliphatic carbocycles. The van der Waals surface area contributed by atoms with Crippen LogP contribution in [0, 0.1) is 0 Å². The Kier molecular flexibility index (Phi) is 6.60. The Morgan fingerprint density at radius 2 is 2.05 bits per heavy atom. The van der Waals surface area contributed by atoms with Crippen LogP contribution in [0.1, 0.15) is 44.9 Å². The van der Waals surface area contributed by atoms with E-state index >= 15 is 0 Å². The van der Waals surface area contributed by atoms with Crippen LogP contribution >= 0.6 is 0 Å². The molecule has 5 nitrogen and oxygen atoms in total. The first-order valence-electron chi connectivity index (χ1n) is 8.07. The Morgan fingerprint density at radius 1 is 1.25 bits per heavy atom. The summed E-state index contributed by atoms with van der Waals surface area (Å²) >= 11 is 0. The maximum Gasteiger partial charge on any atom is 0.317 e. The van der Waals surface area contributed by atoms with Gasteiger partial charge in [-0.3, -0.25) is 0 Å². The zero-order chi connectivity index (χ0) is 14.2. The molecule has 2 amide bonds. The lowest BCUT2D eigenvalue weighted by Gasteiger charge is -2.30. The minimum atomic E-state index is 0.0858. The first kappa shape index (κ1) is 15.6. The average Bonchev–Trinajstić information content (AvgIpc) is 2.97. The summed E-state index contributed by atoms with van der Waals surface area (Å²) in [4.78, 5) is 14.4. The number of carbonyl (C=O) groups excluding carboxylic acids is 1. The molecule has 0 aromatic heterocycles. The highest BCUT2D eigenvalue weighted by Crippen LogP contribution is 2.17. The molecule has 1 unspecified atom stereocenters. The van der Waals surface area contributed by atoms with Crippen molar-refractivity contribution < 1.29 is 9.53 Å². The highest BCUT2D eigenvalue weighted by molar-refractivity contribution is 5.74. The first-order valence-corrected chi connectivity index (χ1v) is 8.07. The van der Waals surface area contributed by atoms with E-state index in [0.717, 1.165) is 25.9 Å². The fraction of sp³-hybridized carbons (Fsp3) is 0.933. The molecule has 1 heterocycles. The van der Waals surface area contributed by atoms with Crippen molar-refractivity contribution in [2.24, 2.45) is 0 Å². The quantitative estimate of drug-likeness (QED) is 0.780. The number of hydrogen-bond donors (Lipinski definition) is 2. The molecule has 0 bridgehead atoms. The lowest BCUT2D eigenvalue weighted by atomic mass is 9.96. The van der Waals surface area contributed by atoms with Crippen molar-refractivity contribution in [3.05, 3.63) is 0 Å². The average molecular weight is 283 g/mol. The lowest BCUT2D eigenvalue weighted by molar-refractivity contribution is 0.142. The van der Waals surface area contributed by atoms with Crippen LogP contribution in [-0.2, 0) is 4.74 Å². The van der Waals surface area contributed by atoms with Gasteiger partial charge < -0.3 is 20.3 Å². The van der Waals surface area contributed by atoms with E-state index in [1.54, 1.807) is 7.11 Å². The van der Waals surface area contributed by atoms with Gasteiger partial charge in [-0.25, -0.2) is 4.79 Å². The van der Waals surface area contributed by atoms with Crippen molar-refractivity contribution >= 4 is 6.03 Å². The Bertz CT molecular complexity index is 287. The summed E-state index contributed by atoms with van der Waals surface area (Å²) in [6, 6.07) is 0.907. The number of nitrogens with one attached hydrogen (secondary N) is 2. The molecule has 20 heavy (non-hydrogen) atoms. The van der Waals surface area contributed by atoms with Crippen molar-refractivity contribution in [3.63, 3.8) is 0 Å². The smallest absolute Gasteiger partial charge is 0.317 e. The third-order valence-corrected chi connectivity index (χ3v) is 4.39.